The van der Waals surface area contributed by atoms with Crippen LogP contribution in [-0.4, -0.2) is 6.67 Å². The van der Waals surface area contributed by atoms with Crippen LogP contribution in [0.5, 0.6) is 0 Å². The molecule has 0 aromatic rings. The van der Waals surface area contributed by atoms with Crippen LogP contribution in [0, 0.1) is 0 Å². The Morgan fingerprint density at radius 3 is 1.11 bits per heavy atom. The van der Waals surface area contributed by atoms with E-state index in [9.17, 15) is 4.39 Å². The van der Waals surface area contributed by atoms with Crippen molar-refractivity contribution in [3.8, 4) is 0 Å². The molecule has 0 unspecified atom stereocenters. The van der Waals surface area contributed by atoms with Crippen molar-refractivity contribution in [2.24, 2.45) is 0 Å². The van der Waals surface area contributed by atoms with Gasteiger partial charge in [-0.1, -0.05) is 38.5 Å². The number of hydrogen-bond donors (Lipinski definition) is 0. The molecule has 0 saturated heterocycles. The minimum absolute atomic E-state index is 0.250. The van der Waals surface area contributed by atoms with Gasteiger partial charge in [-0.3, -0.25) is 4.39 Å². The zero-order valence-electron chi connectivity index (χ0n) is 6.33. The van der Waals surface area contributed by atoms with Gasteiger partial charge >= 0.3 is 0 Å². The van der Waals surface area contributed by atoms with Crippen LogP contribution < -0.4 is 0 Å². The molecule has 0 N–H and O–H groups in total. The summed E-state index contributed by atoms with van der Waals surface area (Å²) in [7, 11) is 0. The van der Waals surface area contributed by atoms with Crippen molar-refractivity contribution >= 4 is 0 Å². The largest absolute Gasteiger partial charge is 0.251 e. The van der Waals surface area contributed by atoms with Gasteiger partial charge < -0.3 is 0 Å². The molecule has 56 valence electrons. The maximum absolute atomic E-state index is 10.3. The maximum Gasteiger partial charge on any atom is 0.0866 e. The summed E-state index contributed by atoms with van der Waals surface area (Å²) < 4.78 is 10.3. The zero-order valence-corrected chi connectivity index (χ0v) is 6.33. The molecule has 1 rings (SSSR count). The Hall–Kier alpha value is -0.0700. The van der Waals surface area contributed by atoms with Crippen LogP contribution in [-0.2, 0) is 0 Å². The summed E-state index contributed by atoms with van der Waals surface area (Å²) in [6.45, 7) is 1.21. The molecule has 1 fully saturated rings. The first kappa shape index (κ1) is 8.93. The molecule has 0 nitrogen and oxygen atoms in total. The molecule has 0 bridgehead atoms. The Bertz CT molecular complexity index is 28.3. The van der Waals surface area contributed by atoms with Crippen molar-refractivity contribution in [1.29, 1.82) is 0 Å². The highest BCUT2D eigenvalue weighted by molar-refractivity contribution is 4.51. The molecule has 0 amide bonds. The fourth-order valence-corrected chi connectivity index (χ4v) is 1.06. The van der Waals surface area contributed by atoms with Crippen molar-refractivity contribution in [1.82, 2.24) is 0 Å². The minimum atomic E-state index is -0.250. The van der Waals surface area contributed by atoms with E-state index in [1.165, 1.54) is 45.4 Å². The normalized spacial score (nSPS) is 18.0. The summed E-state index contributed by atoms with van der Waals surface area (Å²) >= 11 is 0. The highest BCUT2D eigenvalue weighted by atomic mass is 19.1. The number of alkyl halides is 1. The van der Waals surface area contributed by atoms with Crippen LogP contribution >= 0.6 is 0 Å². The summed E-state index contributed by atoms with van der Waals surface area (Å²) in [5, 5.41) is 0. The first-order valence-electron chi connectivity index (χ1n) is 3.97. The summed E-state index contributed by atoms with van der Waals surface area (Å²) in [5.74, 6) is 0. The predicted molar refractivity (Wildman–Crippen MR) is 39.4 cm³/mol. The molecular weight excluding hydrogens is 115 g/mol. The molecule has 1 saturated carbocycles. The average molecular weight is 132 g/mol. The Balaban J connectivity index is 0.000000187. The molecule has 0 spiro atoms. The smallest absolute Gasteiger partial charge is 0.0866 e. The third-order valence-electron chi connectivity index (χ3n) is 1.50. The highest BCUT2D eigenvalue weighted by Crippen LogP contribution is 2.15. The van der Waals surface area contributed by atoms with Crippen molar-refractivity contribution in [2.45, 2.75) is 45.4 Å². The summed E-state index contributed by atoms with van der Waals surface area (Å²) in [6.07, 6.45) is 9.00. The number of rotatable bonds is 0. The van der Waals surface area contributed by atoms with Gasteiger partial charge in [-0.15, -0.1) is 0 Å². The molecule has 9 heavy (non-hydrogen) atoms. The van der Waals surface area contributed by atoms with Gasteiger partial charge in [0.1, 0.15) is 0 Å². The van der Waals surface area contributed by atoms with E-state index in [2.05, 4.69) is 0 Å². The molecular formula is C8H17F. The highest BCUT2D eigenvalue weighted by Gasteiger charge is 1.95. The Kier molecular flexibility index (Phi) is 7.87. The van der Waals surface area contributed by atoms with Crippen molar-refractivity contribution < 1.29 is 4.39 Å². The van der Waals surface area contributed by atoms with Crippen LogP contribution in [0.15, 0.2) is 0 Å². The van der Waals surface area contributed by atoms with Gasteiger partial charge in [0, 0.05) is 0 Å². The molecule has 1 aliphatic carbocycles. The van der Waals surface area contributed by atoms with E-state index in [0.29, 0.717) is 0 Å². The Morgan fingerprint density at radius 1 is 0.889 bits per heavy atom. The lowest BCUT2D eigenvalue weighted by Crippen LogP contribution is -1.85. The lowest BCUT2D eigenvalue weighted by Gasteiger charge is -2.05. The van der Waals surface area contributed by atoms with E-state index in [0.717, 1.165) is 0 Å². The van der Waals surface area contributed by atoms with Gasteiger partial charge in [0.25, 0.3) is 0 Å². The first-order valence-corrected chi connectivity index (χ1v) is 3.97. The van der Waals surface area contributed by atoms with Crippen LogP contribution in [0.1, 0.15) is 45.4 Å². The van der Waals surface area contributed by atoms with E-state index in [-0.39, 0.29) is 6.67 Å². The standard InChI is InChI=1S/C6H12.C2H5F/c1-2-4-6-5-3-1;1-2-3/h1-6H2;2H2,1H3. The van der Waals surface area contributed by atoms with E-state index >= 15 is 0 Å². The third kappa shape index (κ3) is 7.93. The molecule has 0 heterocycles. The van der Waals surface area contributed by atoms with Crippen LogP contribution in [0.25, 0.3) is 0 Å². The fraction of sp³-hybridized carbons (Fsp3) is 1.00. The van der Waals surface area contributed by atoms with Crippen molar-refractivity contribution in [3.63, 3.8) is 0 Å². The average Bonchev–Trinajstić information content (AvgIpc) is 1.93. The Morgan fingerprint density at radius 2 is 1.00 bits per heavy atom. The predicted octanol–water partition coefficient (Wildman–Crippen LogP) is 3.32. The van der Waals surface area contributed by atoms with Crippen LogP contribution in [0.3, 0.4) is 0 Å². The second kappa shape index (κ2) is 7.93. The van der Waals surface area contributed by atoms with Crippen molar-refractivity contribution in [2.75, 3.05) is 6.67 Å². The molecule has 0 aromatic heterocycles. The Labute approximate surface area is 57.5 Å². The number of hydrogen-bond acceptors (Lipinski definition) is 0. The second-order valence-corrected chi connectivity index (χ2v) is 2.39. The molecule has 1 heteroatoms. The molecule has 0 radical (unpaired) electrons. The second-order valence-electron chi connectivity index (χ2n) is 2.39. The SMILES string of the molecule is C1CCCCC1.CCF. The number of halogens is 1. The van der Waals surface area contributed by atoms with Gasteiger partial charge in [-0.25, -0.2) is 0 Å². The van der Waals surface area contributed by atoms with Gasteiger partial charge in [-0.2, -0.15) is 0 Å². The van der Waals surface area contributed by atoms with Gasteiger partial charge in [0.15, 0.2) is 0 Å². The minimum Gasteiger partial charge on any atom is -0.251 e. The van der Waals surface area contributed by atoms with E-state index < -0.39 is 0 Å². The van der Waals surface area contributed by atoms with Crippen LogP contribution in [0.4, 0.5) is 4.39 Å². The quantitative estimate of drug-likeness (QED) is 0.474. The van der Waals surface area contributed by atoms with Gasteiger partial charge in [-0.05, 0) is 6.92 Å². The van der Waals surface area contributed by atoms with E-state index in [1.54, 1.807) is 0 Å². The maximum atomic E-state index is 10.3. The lowest BCUT2D eigenvalue weighted by molar-refractivity contribution is 0.504. The topological polar surface area (TPSA) is 0 Å². The molecule has 0 aliphatic heterocycles. The third-order valence-corrected chi connectivity index (χ3v) is 1.50. The van der Waals surface area contributed by atoms with Crippen LogP contribution in [0.2, 0.25) is 0 Å². The lowest BCUT2D eigenvalue weighted by atomic mass is 10.0. The first-order chi connectivity index (χ1) is 4.41. The fourth-order valence-electron chi connectivity index (χ4n) is 1.06. The summed E-state index contributed by atoms with van der Waals surface area (Å²) in [5.41, 5.74) is 0. The summed E-state index contributed by atoms with van der Waals surface area (Å²) in [6, 6.07) is 0. The van der Waals surface area contributed by atoms with E-state index in [4.69, 9.17) is 0 Å². The monoisotopic (exact) mass is 132 g/mol. The zero-order chi connectivity index (χ0) is 6.95. The van der Waals surface area contributed by atoms with Gasteiger partial charge in [0.2, 0.25) is 0 Å². The van der Waals surface area contributed by atoms with Crippen molar-refractivity contribution in [3.05, 3.63) is 0 Å². The molecule has 0 atom stereocenters. The van der Waals surface area contributed by atoms with E-state index in [1.807, 2.05) is 0 Å². The molecule has 0 aromatic carbocycles. The molecule has 1 aliphatic rings. The van der Waals surface area contributed by atoms with Gasteiger partial charge in [0.05, 0.1) is 6.67 Å². The summed E-state index contributed by atoms with van der Waals surface area (Å²) in [4.78, 5) is 0.